The summed E-state index contributed by atoms with van der Waals surface area (Å²) in [5.74, 6) is 6.19. The molecule has 0 unspecified atom stereocenters. The van der Waals surface area contributed by atoms with Crippen molar-refractivity contribution in [1.82, 2.24) is 10.2 Å². The fraction of sp³-hybridized carbons (Fsp3) is 0.250. The smallest absolute Gasteiger partial charge is 0.140 e. The zero-order valence-corrected chi connectivity index (χ0v) is 7.73. The van der Waals surface area contributed by atoms with Crippen LogP contribution < -0.4 is 0 Å². The first-order chi connectivity index (χ1) is 5.83. The first-order valence-electron chi connectivity index (χ1n) is 3.37. The van der Waals surface area contributed by atoms with E-state index in [9.17, 15) is 0 Å². The molecule has 0 bridgehead atoms. The molecule has 0 saturated carbocycles. The van der Waals surface area contributed by atoms with E-state index in [4.69, 9.17) is 23.2 Å². The van der Waals surface area contributed by atoms with E-state index in [1.54, 1.807) is 12.1 Å². The van der Waals surface area contributed by atoms with E-state index in [1.165, 1.54) is 0 Å². The Kier molecular flexibility index (Phi) is 3.86. The summed E-state index contributed by atoms with van der Waals surface area (Å²) >= 11 is 11.0. The molecule has 1 aromatic heterocycles. The summed E-state index contributed by atoms with van der Waals surface area (Å²) in [6.07, 6.45) is 0.659. The second-order valence-electron chi connectivity index (χ2n) is 1.98. The molecule has 0 spiro atoms. The zero-order chi connectivity index (χ0) is 8.81. The fourth-order valence-corrected chi connectivity index (χ4v) is 0.778. The molecular formula is C8H6Cl2N2. The van der Waals surface area contributed by atoms with Gasteiger partial charge in [0.05, 0.1) is 0 Å². The van der Waals surface area contributed by atoms with Crippen LogP contribution in [-0.4, -0.2) is 16.1 Å². The Morgan fingerprint density at radius 1 is 1.33 bits per heavy atom. The molecule has 0 aromatic carbocycles. The van der Waals surface area contributed by atoms with Crippen LogP contribution in [0.25, 0.3) is 0 Å². The normalized spacial score (nSPS) is 8.83. The maximum absolute atomic E-state index is 5.53. The molecule has 12 heavy (non-hydrogen) atoms. The summed E-state index contributed by atoms with van der Waals surface area (Å²) in [4.78, 5) is 0. The van der Waals surface area contributed by atoms with Crippen LogP contribution in [-0.2, 0) is 0 Å². The molecule has 0 radical (unpaired) electrons. The average Bonchev–Trinajstić information content (AvgIpc) is 2.09. The maximum Gasteiger partial charge on any atom is 0.151 e. The van der Waals surface area contributed by atoms with E-state index >= 15 is 0 Å². The summed E-state index contributed by atoms with van der Waals surface area (Å²) < 4.78 is 0. The minimum Gasteiger partial charge on any atom is -0.140 e. The van der Waals surface area contributed by atoms with Crippen LogP contribution >= 0.6 is 23.2 Å². The third kappa shape index (κ3) is 3.08. The lowest BCUT2D eigenvalue weighted by molar-refractivity contribution is 1.01. The monoisotopic (exact) mass is 200 g/mol. The SMILES string of the molecule is ClCCC#Cc1ccc(Cl)nn1. The molecular weight excluding hydrogens is 195 g/mol. The Hall–Kier alpha value is -0.780. The van der Waals surface area contributed by atoms with E-state index in [0.29, 0.717) is 23.1 Å². The maximum atomic E-state index is 5.53. The second kappa shape index (κ2) is 4.97. The zero-order valence-electron chi connectivity index (χ0n) is 6.22. The molecule has 0 aliphatic rings. The molecule has 0 aliphatic carbocycles. The lowest BCUT2D eigenvalue weighted by Gasteiger charge is -1.86. The van der Waals surface area contributed by atoms with Crippen LogP contribution in [0.5, 0.6) is 0 Å². The van der Waals surface area contributed by atoms with Crippen LogP contribution in [0.15, 0.2) is 12.1 Å². The molecule has 0 fully saturated rings. The number of nitrogens with zero attached hydrogens (tertiary/aromatic N) is 2. The molecule has 0 aliphatic heterocycles. The van der Waals surface area contributed by atoms with Crippen molar-refractivity contribution in [3.63, 3.8) is 0 Å². The highest BCUT2D eigenvalue weighted by Gasteiger charge is 1.89. The topological polar surface area (TPSA) is 25.8 Å². The Bertz CT molecular complexity index is 297. The van der Waals surface area contributed by atoms with Crippen molar-refractivity contribution >= 4 is 23.2 Å². The van der Waals surface area contributed by atoms with E-state index < -0.39 is 0 Å². The fourth-order valence-electron chi connectivity index (χ4n) is 0.583. The Morgan fingerprint density at radius 2 is 2.17 bits per heavy atom. The predicted octanol–water partition coefficient (Wildman–Crippen LogP) is 2.11. The van der Waals surface area contributed by atoms with E-state index in [0.717, 1.165) is 0 Å². The van der Waals surface area contributed by atoms with E-state index in [1.807, 2.05) is 0 Å². The molecule has 1 heterocycles. The summed E-state index contributed by atoms with van der Waals surface area (Å²) in [5, 5.41) is 7.76. The van der Waals surface area contributed by atoms with Gasteiger partial charge in [-0.3, -0.25) is 0 Å². The molecule has 1 aromatic rings. The van der Waals surface area contributed by atoms with Gasteiger partial charge in [0.25, 0.3) is 0 Å². The van der Waals surface area contributed by atoms with Crippen molar-refractivity contribution in [2.75, 3.05) is 5.88 Å². The highest BCUT2D eigenvalue weighted by Crippen LogP contribution is 2.00. The van der Waals surface area contributed by atoms with Crippen molar-refractivity contribution in [1.29, 1.82) is 0 Å². The predicted molar refractivity (Wildman–Crippen MR) is 49.3 cm³/mol. The summed E-state index contributed by atoms with van der Waals surface area (Å²) in [6.45, 7) is 0. The van der Waals surface area contributed by atoms with Crippen LogP contribution in [0.3, 0.4) is 0 Å². The third-order valence-corrected chi connectivity index (χ3v) is 1.46. The minimum absolute atomic E-state index is 0.373. The molecule has 62 valence electrons. The van der Waals surface area contributed by atoms with E-state index in [2.05, 4.69) is 22.0 Å². The molecule has 0 saturated heterocycles. The van der Waals surface area contributed by atoms with Crippen molar-refractivity contribution < 1.29 is 0 Å². The molecule has 1 rings (SSSR count). The van der Waals surface area contributed by atoms with E-state index in [-0.39, 0.29) is 0 Å². The van der Waals surface area contributed by atoms with Crippen LogP contribution in [0, 0.1) is 11.8 Å². The van der Waals surface area contributed by atoms with Crippen molar-refractivity contribution in [2.24, 2.45) is 0 Å². The Morgan fingerprint density at radius 3 is 2.75 bits per heavy atom. The number of alkyl halides is 1. The first kappa shape index (κ1) is 9.31. The lowest BCUT2D eigenvalue weighted by atomic mass is 10.3. The summed E-state index contributed by atoms with van der Waals surface area (Å²) in [7, 11) is 0. The van der Waals surface area contributed by atoms with Crippen molar-refractivity contribution in [2.45, 2.75) is 6.42 Å². The largest absolute Gasteiger partial charge is 0.151 e. The van der Waals surface area contributed by atoms with Gasteiger partial charge in [-0.05, 0) is 18.1 Å². The molecule has 0 atom stereocenters. The van der Waals surface area contributed by atoms with Gasteiger partial charge in [0.1, 0.15) is 5.69 Å². The summed E-state index contributed by atoms with van der Waals surface area (Å²) in [6, 6.07) is 3.37. The second-order valence-corrected chi connectivity index (χ2v) is 2.75. The van der Waals surface area contributed by atoms with Crippen LogP contribution in [0.1, 0.15) is 12.1 Å². The first-order valence-corrected chi connectivity index (χ1v) is 4.28. The quantitative estimate of drug-likeness (QED) is 0.513. The van der Waals surface area contributed by atoms with Gasteiger partial charge >= 0.3 is 0 Å². The molecule has 0 N–H and O–H groups in total. The van der Waals surface area contributed by atoms with Crippen molar-refractivity contribution in [3.8, 4) is 11.8 Å². The van der Waals surface area contributed by atoms with Gasteiger partial charge in [-0.15, -0.1) is 21.8 Å². The van der Waals surface area contributed by atoms with Gasteiger partial charge < -0.3 is 0 Å². The Balaban J connectivity index is 2.66. The van der Waals surface area contributed by atoms with Gasteiger partial charge in [0.2, 0.25) is 0 Å². The van der Waals surface area contributed by atoms with Gasteiger partial charge in [-0.1, -0.05) is 17.5 Å². The number of aromatic nitrogens is 2. The van der Waals surface area contributed by atoms with Gasteiger partial charge in [-0.25, -0.2) is 0 Å². The minimum atomic E-state index is 0.373. The Labute approximate surface area is 80.9 Å². The third-order valence-electron chi connectivity index (χ3n) is 1.07. The number of hydrogen-bond donors (Lipinski definition) is 0. The standard InChI is InChI=1S/C8H6Cl2N2/c9-6-2-1-3-7-4-5-8(10)12-11-7/h4-5H,2,6H2. The molecule has 0 amide bonds. The van der Waals surface area contributed by atoms with Gasteiger partial charge in [0, 0.05) is 12.3 Å². The average molecular weight is 201 g/mol. The lowest BCUT2D eigenvalue weighted by Crippen LogP contribution is -1.85. The number of halogens is 2. The van der Waals surface area contributed by atoms with Crippen LogP contribution in [0.2, 0.25) is 5.15 Å². The summed E-state index contributed by atoms with van der Waals surface area (Å²) in [5.41, 5.74) is 0.615. The van der Waals surface area contributed by atoms with Crippen LogP contribution in [0.4, 0.5) is 0 Å². The number of hydrogen-bond acceptors (Lipinski definition) is 2. The highest BCUT2D eigenvalue weighted by atomic mass is 35.5. The highest BCUT2D eigenvalue weighted by molar-refractivity contribution is 6.29. The molecule has 2 nitrogen and oxygen atoms in total. The molecule has 4 heteroatoms. The van der Waals surface area contributed by atoms with Crippen molar-refractivity contribution in [3.05, 3.63) is 23.0 Å². The number of rotatable bonds is 1. The van der Waals surface area contributed by atoms with Gasteiger partial charge in [-0.2, -0.15) is 0 Å². The van der Waals surface area contributed by atoms with Gasteiger partial charge in [0.15, 0.2) is 5.15 Å².